The van der Waals surface area contributed by atoms with Gasteiger partial charge in [-0.2, -0.15) is 0 Å². The van der Waals surface area contributed by atoms with Gasteiger partial charge in [0.25, 0.3) is 0 Å². The van der Waals surface area contributed by atoms with Gasteiger partial charge in [0.2, 0.25) is 0 Å². The number of rotatable bonds is 5. The fourth-order valence-electron chi connectivity index (χ4n) is 1.85. The minimum Gasteiger partial charge on any atom is -0.380 e. The molecule has 1 aliphatic carbocycles. The van der Waals surface area contributed by atoms with Gasteiger partial charge in [-0.05, 0) is 32.6 Å². The maximum Gasteiger partial charge on any atom is 0.0671 e. The van der Waals surface area contributed by atoms with Crippen molar-refractivity contribution in [3.63, 3.8) is 0 Å². The van der Waals surface area contributed by atoms with Crippen molar-refractivity contribution in [2.24, 2.45) is 5.84 Å². The third kappa shape index (κ3) is 3.78. The van der Waals surface area contributed by atoms with Crippen molar-refractivity contribution in [2.75, 3.05) is 13.2 Å². The molecule has 14 heavy (non-hydrogen) atoms. The average molecular weight is 198 g/mol. The normalized spacial score (nSPS) is 20.0. The van der Waals surface area contributed by atoms with Crippen LogP contribution in [0.1, 0.15) is 39.0 Å². The number of nitrogens with one attached hydrogen (secondary N) is 1. The van der Waals surface area contributed by atoms with Gasteiger partial charge in [0.15, 0.2) is 0 Å². The summed E-state index contributed by atoms with van der Waals surface area (Å²) < 4.78 is 5.40. The molecule has 0 aliphatic heterocycles. The molecule has 0 saturated heterocycles. The lowest BCUT2D eigenvalue weighted by Crippen LogP contribution is -2.40. The molecule has 0 aromatic heterocycles. The van der Waals surface area contributed by atoms with Crippen LogP contribution in [0.15, 0.2) is 11.6 Å². The smallest absolute Gasteiger partial charge is 0.0671 e. The van der Waals surface area contributed by atoms with Crippen molar-refractivity contribution in [3.05, 3.63) is 11.6 Å². The quantitative estimate of drug-likeness (QED) is 0.402. The molecule has 1 aliphatic rings. The van der Waals surface area contributed by atoms with Crippen LogP contribution in [0.4, 0.5) is 0 Å². The van der Waals surface area contributed by atoms with E-state index in [0.717, 1.165) is 6.61 Å². The van der Waals surface area contributed by atoms with E-state index < -0.39 is 0 Å². The topological polar surface area (TPSA) is 47.3 Å². The molecule has 0 heterocycles. The molecule has 0 fully saturated rings. The zero-order chi connectivity index (χ0) is 10.2. The van der Waals surface area contributed by atoms with Gasteiger partial charge in [-0.1, -0.05) is 18.1 Å². The Morgan fingerprint density at radius 2 is 2.36 bits per heavy atom. The predicted molar refractivity (Wildman–Crippen MR) is 58.8 cm³/mol. The Balaban J connectivity index is 2.44. The maximum absolute atomic E-state index is 5.52. The maximum atomic E-state index is 5.52. The van der Waals surface area contributed by atoms with Gasteiger partial charge in [-0.25, -0.2) is 0 Å². The van der Waals surface area contributed by atoms with Crippen LogP contribution in [0, 0.1) is 0 Å². The fourth-order valence-corrected chi connectivity index (χ4v) is 1.85. The molecule has 0 amide bonds. The molecule has 3 N–H and O–H groups in total. The van der Waals surface area contributed by atoms with Crippen molar-refractivity contribution in [1.29, 1.82) is 0 Å². The zero-order valence-electron chi connectivity index (χ0n) is 9.09. The van der Waals surface area contributed by atoms with Crippen LogP contribution >= 0.6 is 0 Å². The molecule has 0 bridgehead atoms. The van der Waals surface area contributed by atoms with Crippen molar-refractivity contribution in [2.45, 2.75) is 45.1 Å². The van der Waals surface area contributed by atoms with Gasteiger partial charge in [-0.15, -0.1) is 0 Å². The predicted octanol–water partition coefficient (Wildman–Crippen LogP) is 1.75. The number of ether oxygens (including phenoxy) is 1. The summed E-state index contributed by atoms with van der Waals surface area (Å²) in [5.41, 5.74) is 4.27. The van der Waals surface area contributed by atoms with Crippen molar-refractivity contribution >= 4 is 0 Å². The van der Waals surface area contributed by atoms with Gasteiger partial charge in [0.1, 0.15) is 0 Å². The number of hydrogen-bond acceptors (Lipinski definition) is 3. The molecule has 1 atom stereocenters. The van der Waals surface area contributed by atoms with E-state index in [9.17, 15) is 0 Å². The Bertz CT molecular complexity index is 180. The van der Waals surface area contributed by atoms with E-state index in [4.69, 9.17) is 10.6 Å². The molecule has 0 aromatic carbocycles. The molecule has 0 spiro atoms. The van der Waals surface area contributed by atoms with E-state index in [1.165, 1.54) is 37.7 Å². The standard InChI is InChI=1S/C11H22N2O/c1-2-14-9-11(13-12)10-7-5-3-4-6-8-10/h7,11,13H,2-6,8-9,12H2,1H3. The highest BCUT2D eigenvalue weighted by Crippen LogP contribution is 2.19. The average Bonchev–Trinajstić information content (AvgIpc) is 2.48. The van der Waals surface area contributed by atoms with Crippen LogP contribution in [0.5, 0.6) is 0 Å². The number of nitrogens with two attached hydrogens (primary N) is 1. The molecule has 82 valence electrons. The van der Waals surface area contributed by atoms with Gasteiger partial charge in [0.05, 0.1) is 12.6 Å². The fraction of sp³-hybridized carbons (Fsp3) is 0.818. The zero-order valence-corrected chi connectivity index (χ0v) is 9.09. The highest BCUT2D eigenvalue weighted by Gasteiger charge is 2.13. The van der Waals surface area contributed by atoms with Gasteiger partial charge in [-0.3, -0.25) is 11.3 Å². The first-order valence-electron chi connectivity index (χ1n) is 5.61. The van der Waals surface area contributed by atoms with Gasteiger partial charge >= 0.3 is 0 Å². The Kier molecular flexibility index (Phi) is 5.83. The first kappa shape index (κ1) is 11.7. The number of allylic oxidation sites excluding steroid dienone is 1. The van der Waals surface area contributed by atoms with Crippen molar-refractivity contribution in [3.8, 4) is 0 Å². The van der Waals surface area contributed by atoms with Crippen molar-refractivity contribution in [1.82, 2.24) is 5.43 Å². The number of hydrogen-bond donors (Lipinski definition) is 2. The second-order valence-electron chi connectivity index (χ2n) is 3.76. The molecule has 0 saturated carbocycles. The molecule has 3 nitrogen and oxygen atoms in total. The Morgan fingerprint density at radius 3 is 3.07 bits per heavy atom. The van der Waals surface area contributed by atoms with E-state index in [0.29, 0.717) is 6.61 Å². The lowest BCUT2D eigenvalue weighted by molar-refractivity contribution is 0.130. The van der Waals surface area contributed by atoms with E-state index in [1.807, 2.05) is 6.92 Å². The molecule has 3 heteroatoms. The van der Waals surface area contributed by atoms with E-state index in [2.05, 4.69) is 11.5 Å². The van der Waals surface area contributed by atoms with Gasteiger partial charge in [0, 0.05) is 6.61 Å². The largest absolute Gasteiger partial charge is 0.380 e. The summed E-state index contributed by atoms with van der Waals surface area (Å²) in [5, 5.41) is 0. The summed E-state index contributed by atoms with van der Waals surface area (Å²) in [6, 6.07) is 0.216. The molecule has 1 unspecified atom stereocenters. The Morgan fingerprint density at radius 1 is 1.50 bits per heavy atom. The summed E-state index contributed by atoms with van der Waals surface area (Å²) in [4.78, 5) is 0. The lowest BCUT2D eigenvalue weighted by atomic mass is 10.0. The highest BCUT2D eigenvalue weighted by molar-refractivity contribution is 5.11. The van der Waals surface area contributed by atoms with Crippen LogP contribution in [0.25, 0.3) is 0 Å². The first-order valence-corrected chi connectivity index (χ1v) is 5.61. The third-order valence-corrected chi connectivity index (χ3v) is 2.71. The molecule has 0 aromatic rings. The SMILES string of the molecule is CCOCC(NN)C1=CCCCCC1. The highest BCUT2D eigenvalue weighted by atomic mass is 16.5. The molecular formula is C11H22N2O. The van der Waals surface area contributed by atoms with Crippen LogP contribution < -0.4 is 11.3 Å². The van der Waals surface area contributed by atoms with E-state index in [-0.39, 0.29) is 6.04 Å². The lowest BCUT2D eigenvalue weighted by Gasteiger charge is -2.18. The Labute approximate surface area is 86.7 Å². The van der Waals surface area contributed by atoms with E-state index >= 15 is 0 Å². The minimum absolute atomic E-state index is 0.216. The minimum atomic E-state index is 0.216. The third-order valence-electron chi connectivity index (χ3n) is 2.71. The monoisotopic (exact) mass is 198 g/mol. The summed E-state index contributed by atoms with van der Waals surface area (Å²) in [6.07, 6.45) is 8.63. The second kappa shape index (κ2) is 6.98. The first-order chi connectivity index (χ1) is 6.88. The summed E-state index contributed by atoms with van der Waals surface area (Å²) >= 11 is 0. The number of hydrazine groups is 1. The molecular weight excluding hydrogens is 176 g/mol. The van der Waals surface area contributed by atoms with Crippen molar-refractivity contribution < 1.29 is 4.74 Å². The summed E-state index contributed by atoms with van der Waals surface area (Å²) in [7, 11) is 0. The summed E-state index contributed by atoms with van der Waals surface area (Å²) in [5.74, 6) is 5.52. The molecule has 1 rings (SSSR count). The molecule has 0 radical (unpaired) electrons. The van der Waals surface area contributed by atoms with Crippen LogP contribution in [0.2, 0.25) is 0 Å². The van der Waals surface area contributed by atoms with Crippen LogP contribution in [0.3, 0.4) is 0 Å². The van der Waals surface area contributed by atoms with Gasteiger partial charge < -0.3 is 4.74 Å². The van der Waals surface area contributed by atoms with Crippen LogP contribution in [-0.4, -0.2) is 19.3 Å². The van der Waals surface area contributed by atoms with E-state index in [1.54, 1.807) is 0 Å². The Hall–Kier alpha value is -0.380. The summed E-state index contributed by atoms with van der Waals surface area (Å²) in [6.45, 7) is 3.46. The second-order valence-corrected chi connectivity index (χ2v) is 3.76. The van der Waals surface area contributed by atoms with Crippen LogP contribution in [-0.2, 0) is 4.74 Å².